The van der Waals surface area contributed by atoms with Crippen molar-refractivity contribution in [2.75, 3.05) is 6.54 Å². The van der Waals surface area contributed by atoms with Crippen molar-refractivity contribution in [3.05, 3.63) is 45.5 Å². The number of nitrogens with zero attached hydrogens (tertiary/aromatic N) is 2. The van der Waals surface area contributed by atoms with Crippen molar-refractivity contribution in [2.24, 2.45) is 4.99 Å². The minimum absolute atomic E-state index is 0.403. The van der Waals surface area contributed by atoms with Crippen LogP contribution in [0.25, 0.3) is 0 Å². The first-order valence-corrected chi connectivity index (χ1v) is 5.08. The predicted molar refractivity (Wildman–Crippen MR) is 59.4 cm³/mol. The second-order valence-electron chi connectivity index (χ2n) is 3.83. The molecule has 1 aliphatic heterocycles. The Morgan fingerprint density at radius 2 is 2.31 bits per heavy atom. The van der Waals surface area contributed by atoms with Crippen LogP contribution in [0.3, 0.4) is 0 Å². The van der Waals surface area contributed by atoms with E-state index in [2.05, 4.69) is 4.99 Å². The standard InChI is InChI=1S/C11H12N2O3/c14-11(7-13(15)16)10-5-8-3-1-2-4-9(8)6-12-10/h1-4,6,10-11,14H,5,7H2/t10?,11-/m0/s1. The molecule has 0 amide bonds. The molecular weight excluding hydrogens is 208 g/mol. The lowest BCUT2D eigenvalue weighted by atomic mass is 9.95. The maximum Gasteiger partial charge on any atom is 0.231 e. The molecule has 0 spiro atoms. The summed E-state index contributed by atoms with van der Waals surface area (Å²) in [6, 6.07) is 7.31. The Morgan fingerprint density at radius 1 is 1.56 bits per heavy atom. The Bertz CT molecular complexity index is 431. The number of hydrogen-bond donors (Lipinski definition) is 1. The Labute approximate surface area is 92.6 Å². The third kappa shape index (κ3) is 2.25. The van der Waals surface area contributed by atoms with Gasteiger partial charge in [0.25, 0.3) is 0 Å². The van der Waals surface area contributed by atoms with Crippen molar-refractivity contribution in [1.29, 1.82) is 0 Å². The van der Waals surface area contributed by atoms with Crippen LogP contribution < -0.4 is 0 Å². The van der Waals surface area contributed by atoms with Gasteiger partial charge in [-0.15, -0.1) is 0 Å². The molecule has 0 radical (unpaired) electrons. The van der Waals surface area contributed by atoms with Crippen LogP contribution in [-0.4, -0.2) is 34.9 Å². The van der Waals surface area contributed by atoms with Crippen molar-refractivity contribution < 1.29 is 10.0 Å². The largest absolute Gasteiger partial charge is 0.384 e. The Kier molecular flexibility index (Phi) is 2.96. The molecule has 0 aromatic heterocycles. The normalized spacial score (nSPS) is 20.2. The molecule has 0 saturated carbocycles. The number of benzene rings is 1. The van der Waals surface area contributed by atoms with Crippen molar-refractivity contribution in [2.45, 2.75) is 18.6 Å². The molecule has 0 bridgehead atoms. The van der Waals surface area contributed by atoms with Crippen LogP contribution in [0.5, 0.6) is 0 Å². The second kappa shape index (κ2) is 4.40. The summed E-state index contributed by atoms with van der Waals surface area (Å²) in [4.78, 5) is 13.9. The third-order valence-electron chi connectivity index (χ3n) is 2.67. The lowest BCUT2D eigenvalue weighted by Crippen LogP contribution is -2.34. The summed E-state index contributed by atoms with van der Waals surface area (Å²) in [5.41, 5.74) is 2.09. The van der Waals surface area contributed by atoms with E-state index in [1.165, 1.54) is 0 Å². The van der Waals surface area contributed by atoms with E-state index in [1.54, 1.807) is 6.21 Å². The first-order chi connectivity index (χ1) is 7.66. The van der Waals surface area contributed by atoms with Crippen molar-refractivity contribution >= 4 is 6.21 Å². The Hall–Kier alpha value is -1.75. The molecule has 1 aromatic carbocycles. The molecule has 1 aromatic rings. The maximum atomic E-state index is 10.3. The molecule has 0 fully saturated rings. The highest BCUT2D eigenvalue weighted by Gasteiger charge is 2.25. The molecule has 16 heavy (non-hydrogen) atoms. The van der Waals surface area contributed by atoms with Crippen molar-refractivity contribution in [1.82, 2.24) is 0 Å². The van der Waals surface area contributed by atoms with Gasteiger partial charge < -0.3 is 5.11 Å². The monoisotopic (exact) mass is 220 g/mol. The summed E-state index contributed by atoms with van der Waals surface area (Å²) in [5, 5.41) is 19.9. The van der Waals surface area contributed by atoms with Gasteiger partial charge in [-0.05, 0) is 17.5 Å². The second-order valence-corrected chi connectivity index (χ2v) is 3.83. The average molecular weight is 220 g/mol. The maximum absolute atomic E-state index is 10.3. The topological polar surface area (TPSA) is 75.7 Å². The SMILES string of the molecule is O=[N+]([O-])C[C@H](O)C1Cc2ccccc2C=N1. The highest BCUT2D eigenvalue weighted by atomic mass is 16.6. The fourth-order valence-electron chi connectivity index (χ4n) is 1.81. The number of fused-ring (bicyclic) bond motifs is 1. The van der Waals surface area contributed by atoms with Crippen LogP contribution in [0.15, 0.2) is 29.3 Å². The van der Waals surface area contributed by atoms with E-state index >= 15 is 0 Å². The molecule has 5 heteroatoms. The van der Waals surface area contributed by atoms with Crippen LogP contribution in [0.1, 0.15) is 11.1 Å². The van der Waals surface area contributed by atoms with Crippen LogP contribution in [-0.2, 0) is 6.42 Å². The number of hydrogen-bond acceptors (Lipinski definition) is 4. The van der Waals surface area contributed by atoms with Gasteiger partial charge in [0.05, 0.1) is 6.04 Å². The van der Waals surface area contributed by atoms with Gasteiger partial charge in [-0.2, -0.15) is 0 Å². The van der Waals surface area contributed by atoms with Gasteiger partial charge in [0.2, 0.25) is 6.54 Å². The first-order valence-electron chi connectivity index (χ1n) is 5.08. The molecule has 1 aliphatic rings. The fraction of sp³-hybridized carbons (Fsp3) is 0.364. The summed E-state index contributed by atoms with van der Waals surface area (Å²) >= 11 is 0. The zero-order valence-electron chi connectivity index (χ0n) is 8.61. The lowest BCUT2D eigenvalue weighted by molar-refractivity contribution is -0.490. The number of aliphatic imine (C=N–C) groups is 1. The number of rotatable bonds is 3. The minimum Gasteiger partial charge on any atom is -0.384 e. The van der Waals surface area contributed by atoms with Crippen LogP contribution >= 0.6 is 0 Å². The summed E-state index contributed by atoms with van der Waals surface area (Å²) in [6.45, 7) is -0.454. The quantitative estimate of drug-likeness (QED) is 0.600. The Balaban J connectivity index is 2.11. The van der Waals surface area contributed by atoms with E-state index in [0.717, 1.165) is 11.1 Å². The van der Waals surface area contributed by atoms with E-state index in [-0.39, 0.29) is 0 Å². The van der Waals surface area contributed by atoms with E-state index in [4.69, 9.17) is 0 Å². The number of nitro groups is 1. The van der Waals surface area contributed by atoms with E-state index in [0.29, 0.717) is 6.42 Å². The van der Waals surface area contributed by atoms with E-state index < -0.39 is 23.6 Å². The molecule has 0 aliphatic carbocycles. The van der Waals surface area contributed by atoms with Crippen molar-refractivity contribution in [3.63, 3.8) is 0 Å². The van der Waals surface area contributed by atoms with Gasteiger partial charge in [-0.3, -0.25) is 15.1 Å². The molecule has 1 unspecified atom stereocenters. The molecule has 1 N–H and O–H groups in total. The summed E-state index contributed by atoms with van der Waals surface area (Å²) in [7, 11) is 0. The van der Waals surface area contributed by atoms with Gasteiger partial charge in [0.1, 0.15) is 6.10 Å². The highest BCUT2D eigenvalue weighted by molar-refractivity contribution is 5.83. The summed E-state index contributed by atoms with van der Waals surface area (Å²) < 4.78 is 0. The van der Waals surface area contributed by atoms with Gasteiger partial charge in [0, 0.05) is 11.1 Å². The number of aliphatic hydroxyl groups excluding tert-OH is 1. The van der Waals surface area contributed by atoms with Crippen molar-refractivity contribution in [3.8, 4) is 0 Å². The molecule has 2 rings (SSSR count). The zero-order chi connectivity index (χ0) is 11.5. The summed E-state index contributed by atoms with van der Waals surface area (Å²) in [5.74, 6) is 0. The van der Waals surface area contributed by atoms with E-state index in [9.17, 15) is 15.2 Å². The van der Waals surface area contributed by atoms with Gasteiger partial charge in [0.15, 0.2) is 0 Å². The molecule has 1 heterocycles. The molecule has 2 atom stereocenters. The predicted octanol–water partition coefficient (Wildman–Crippen LogP) is 0.668. The molecule has 5 nitrogen and oxygen atoms in total. The Morgan fingerprint density at radius 3 is 3.06 bits per heavy atom. The van der Waals surface area contributed by atoms with Gasteiger partial charge >= 0.3 is 0 Å². The third-order valence-corrected chi connectivity index (χ3v) is 2.67. The first kappa shape index (κ1) is 10.8. The molecule has 0 saturated heterocycles. The molecule has 84 valence electrons. The highest BCUT2D eigenvalue weighted by Crippen LogP contribution is 2.17. The minimum atomic E-state index is -1.01. The fourth-order valence-corrected chi connectivity index (χ4v) is 1.81. The number of aliphatic hydroxyl groups is 1. The van der Waals surface area contributed by atoms with E-state index in [1.807, 2.05) is 24.3 Å². The average Bonchev–Trinajstić information content (AvgIpc) is 2.27. The smallest absolute Gasteiger partial charge is 0.231 e. The zero-order valence-corrected chi connectivity index (χ0v) is 8.61. The lowest BCUT2D eigenvalue weighted by Gasteiger charge is -2.21. The summed E-state index contributed by atoms with van der Waals surface area (Å²) in [6.07, 6.45) is 1.22. The van der Waals surface area contributed by atoms with Crippen LogP contribution in [0.2, 0.25) is 0 Å². The van der Waals surface area contributed by atoms with Crippen LogP contribution in [0, 0.1) is 10.1 Å². The van der Waals surface area contributed by atoms with Gasteiger partial charge in [-0.25, -0.2) is 0 Å². The molecular formula is C11H12N2O3. The van der Waals surface area contributed by atoms with Crippen LogP contribution in [0.4, 0.5) is 0 Å². The van der Waals surface area contributed by atoms with Gasteiger partial charge in [-0.1, -0.05) is 24.3 Å².